The number of benzene rings is 4. The van der Waals surface area contributed by atoms with Gasteiger partial charge in [-0.1, -0.05) is 101 Å². The van der Waals surface area contributed by atoms with Gasteiger partial charge in [0.05, 0.1) is 20.6 Å². The first-order valence-electron chi connectivity index (χ1n) is 13.6. The number of nitrogens with one attached hydrogen (secondary N) is 1. The molecule has 2 amide bonds. The lowest BCUT2D eigenvalue weighted by molar-refractivity contribution is -0.140. The standard InChI is InChI=1S/C32H29Cl4N3O4S/c1-2-37-32(41)30(16-22-9-5-3-6-10-22)38(20-23-13-14-28(35)29(36)15-23)31(40)21-39(26-18-24(33)17-25(34)19-26)44(42,43)27-11-7-4-8-12-27/h3-15,17-19,30H,2,16,20-21H2,1H3,(H,37,41)/t30-/m1/s1. The van der Waals surface area contributed by atoms with E-state index in [1.165, 1.54) is 35.2 Å². The van der Waals surface area contributed by atoms with E-state index < -0.39 is 34.4 Å². The van der Waals surface area contributed by atoms with E-state index in [2.05, 4.69) is 5.32 Å². The fourth-order valence-electron chi connectivity index (χ4n) is 4.61. The molecule has 44 heavy (non-hydrogen) atoms. The summed E-state index contributed by atoms with van der Waals surface area (Å²) in [7, 11) is -4.29. The summed E-state index contributed by atoms with van der Waals surface area (Å²) in [5.41, 5.74) is 1.50. The molecule has 0 saturated heterocycles. The van der Waals surface area contributed by atoms with E-state index in [9.17, 15) is 18.0 Å². The van der Waals surface area contributed by atoms with Crippen molar-refractivity contribution < 1.29 is 18.0 Å². The van der Waals surface area contributed by atoms with E-state index in [-0.39, 0.29) is 38.6 Å². The van der Waals surface area contributed by atoms with Crippen LogP contribution in [-0.4, -0.2) is 44.3 Å². The van der Waals surface area contributed by atoms with Crippen LogP contribution in [0.5, 0.6) is 0 Å². The van der Waals surface area contributed by atoms with E-state index in [1.807, 2.05) is 30.3 Å². The number of amides is 2. The second-order valence-electron chi connectivity index (χ2n) is 9.82. The number of nitrogens with zero attached hydrogens (tertiary/aromatic N) is 2. The third-order valence-corrected chi connectivity index (χ3v) is 9.67. The minimum Gasteiger partial charge on any atom is -0.355 e. The second-order valence-corrected chi connectivity index (χ2v) is 13.4. The Kier molecular flexibility index (Phi) is 11.6. The normalized spacial score (nSPS) is 11.9. The zero-order valence-corrected chi connectivity index (χ0v) is 27.4. The molecule has 7 nitrogen and oxygen atoms in total. The predicted molar refractivity (Wildman–Crippen MR) is 177 cm³/mol. The summed E-state index contributed by atoms with van der Waals surface area (Å²) in [4.78, 5) is 29.3. The second kappa shape index (κ2) is 15.1. The summed E-state index contributed by atoms with van der Waals surface area (Å²) in [5.74, 6) is -1.04. The molecule has 0 unspecified atom stereocenters. The molecule has 0 bridgehead atoms. The number of anilines is 1. The molecule has 0 fully saturated rings. The number of likely N-dealkylation sites (N-methyl/N-ethyl adjacent to an activating group) is 1. The highest BCUT2D eigenvalue weighted by Gasteiger charge is 2.34. The third-order valence-electron chi connectivity index (χ3n) is 6.70. The minimum absolute atomic E-state index is 0.0375. The van der Waals surface area contributed by atoms with Gasteiger partial charge < -0.3 is 10.2 Å². The fourth-order valence-corrected chi connectivity index (χ4v) is 6.87. The van der Waals surface area contributed by atoms with Gasteiger partial charge in [0.1, 0.15) is 12.6 Å². The van der Waals surface area contributed by atoms with Crippen LogP contribution >= 0.6 is 46.4 Å². The van der Waals surface area contributed by atoms with E-state index >= 15 is 0 Å². The van der Waals surface area contributed by atoms with Crippen LogP contribution in [0.15, 0.2) is 102 Å². The van der Waals surface area contributed by atoms with Crippen molar-refractivity contribution in [3.05, 3.63) is 128 Å². The molecular weight excluding hydrogens is 664 g/mol. The summed E-state index contributed by atoms with van der Waals surface area (Å²) >= 11 is 25.0. The van der Waals surface area contributed by atoms with Crippen LogP contribution in [0.2, 0.25) is 20.1 Å². The van der Waals surface area contributed by atoms with Gasteiger partial charge in [0.15, 0.2) is 0 Å². The molecule has 0 aliphatic heterocycles. The van der Waals surface area contributed by atoms with Crippen LogP contribution in [0.4, 0.5) is 5.69 Å². The summed E-state index contributed by atoms with van der Waals surface area (Å²) in [6, 6.07) is 25.1. The maximum atomic E-state index is 14.4. The van der Waals surface area contributed by atoms with Crippen LogP contribution in [-0.2, 0) is 32.6 Å². The Balaban J connectivity index is 1.82. The van der Waals surface area contributed by atoms with Gasteiger partial charge in [0.2, 0.25) is 11.8 Å². The van der Waals surface area contributed by atoms with Crippen LogP contribution < -0.4 is 9.62 Å². The summed E-state index contributed by atoms with van der Waals surface area (Å²) in [6.45, 7) is 1.40. The smallest absolute Gasteiger partial charge is 0.264 e. The van der Waals surface area contributed by atoms with Gasteiger partial charge in [-0.2, -0.15) is 0 Å². The molecule has 0 radical (unpaired) electrons. The number of hydrogen-bond donors (Lipinski definition) is 1. The Morgan fingerprint density at radius 1 is 0.773 bits per heavy atom. The molecule has 0 aliphatic rings. The SMILES string of the molecule is CCNC(=O)[C@@H](Cc1ccccc1)N(Cc1ccc(Cl)c(Cl)c1)C(=O)CN(c1cc(Cl)cc(Cl)c1)S(=O)(=O)c1ccccc1. The Morgan fingerprint density at radius 2 is 1.39 bits per heavy atom. The molecule has 230 valence electrons. The lowest BCUT2D eigenvalue weighted by Gasteiger charge is -2.34. The van der Waals surface area contributed by atoms with E-state index in [1.54, 1.807) is 43.3 Å². The molecule has 1 atom stereocenters. The molecule has 0 aliphatic carbocycles. The van der Waals surface area contributed by atoms with Gasteiger partial charge in [-0.05, 0) is 60.5 Å². The number of sulfonamides is 1. The van der Waals surface area contributed by atoms with Crippen molar-refractivity contribution in [2.24, 2.45) is 0 Å². The summed E-state index contributed by atoms with van der Waals surface area (Å²) < 4.78 is 29.0. The molecule has 12 heteroatoms. The van der Waals surface area contributed by atoms with Crippen LogP contribution in [0.1, 0.15) is 18.1 Å². The Morgan fingerprint density at radius 3 is 1.98 bits per heavy atom. The molecule has 0 aromatic heterocycles. The van der Waals surface area contributed by atoms with Gasteiger partial charge in [-0.15, -0.1) is 0 Å². The molecule has 4 aromatic rings. The van der Waals surface area contributed by atoms with Crippen molar-refractivity contribution in [2.45, 2.75) is 30.8 Å². The molecule has 1 N–H and O–H groups in total. The van der Waals surface area contributed by atoms with Gasteiger partial charge in [-0.3, -0.25) is 13.9 Å². The first-order chi connectivity index (χ1) is 21.0. The highest BCUT2D eigenvalue weighted by Crippen LogP contribution is 2.31. The zero-order valence-electron chi connectivity index (χ0n) is 23.6. The van der Waals surface area contributed by atoms with Crippen molar-refractivity contribution in [1.82, 2.24) is 10.2 Å². The van der Waals surface area contributed by atoms with Gasteiger partial charge >= 0.3 is 0 Å². The maximum Gasteiger partial charge on any atom is 0.264 e. The lowest BCUT2D eigenvalue weighted by Crippen LogP contribution is -2.53. The van der Waals surface area contributed by atoms with Gasteiger partial charge in [-0.25, -0.2) is 8.42 Å². The molecule has 4 aromatic carbocycles. The molecule has 4 rings (SSSR count). The van der Waals surface area contributed by atoms with Crippen molar-refractivity contribution in [1.29, 1.82) is 0 Å². The van der Waals surface area contributed by atoms with Crippen LogP contribution in [0.3, 0.4) is 0 Å². The first-order valence-corrected chi connectivity index (χ1v) is 16.5. The molecule has 0 saturated carbocycles. The van der Waals surface area contributed by atoms with Crippen LogP contribution in [0, 0.1) is 0 Å². The maximum absolute atomic E-state index is 14.4. The first kappa shape index (κ1) is 33.6. The van der Waals surface area contributed by atoms with Crippen LogP contribution in [0.25, 0.3) is 0 Å². The van der Waals surface area contributed by atoms with Crippen molar-refractivity contribution >= 4 is 73.9 Å². The largest absolute Gasteiger partial charge is 0.355 e. The number of carbonyl (C=O) groups is 2. The highest BCUT2D eigenvalue weighted by atomic mass is 35.5. The Bertz CT molecular complexity index is 1700. The quantitative estimate of drug-likeness (QED) is 0.169. The van der Waals surface area contributed by atoms with Crippen molar-refractivity contribution in [3.8, 4) is 0 Å². The number of carbonyl (C=O) groups excluding carboxylic acids is 2. The van der Waals surface area contributed by atoms with Crippen molar-refractivity contribution in [3.63, 3.8) is 0 Å². The van der Waals surface area contributed by atoms with Gasteiger partial charge in [0, 0.05) is 29.6 Å². The van der Waals surface area contributed by atoms with E-state index in [4.69, 9.17) is 46.4 Å². The Hall–Kier alpha value is -3.27. The topological polar surface area (TPSA) is 86.8 Å². The average molecular weight is 693 g/mol. The predicted octanol–water partition coefficient (Wildman–Crippen LogP) is 7.27. The monoisotopic (exact) mass is 691 g/mol. The van der Waals surface area contributed by atoms with E-state index in [0.29, 0.717) is 17.1 Å². The highest BCUT2D eigenvalue weighted by molar-refractivity contribution is 7.92. The zero-order chi connectivity index (χ0) is 31.9. The number of rotatable bonds is 12. The molecule has 0 heterocycles. The number of hydrogen-bond acceptors (Lipinski definition) is 4. The van der Waals surface area contributed by atoms with E-state index in [0.717, 1.165) is 9.87 Å². The third kappa shape index (κ3) is 8.46. The van der Waals surface area contributed by atoms with Crippen molar-refractivity contribution in [2.75, 3.05) is 17.4 Å². The van der Waals surface area contributed by atoms with Gasteiger partial charge in [0.25, 0.3) is 10.0 Å². The molecule has 0 spiro atoms. The lowest BCUT2D eigenvalue weighted by atomic mass is 10.0. The molecular formula is C32H29Cl4N3O4S. The number of halogens is 4. The minimum atomic E-state index is -4.29. The average Bonchev–Trinajstić information content (AvgIpc) is 2.99. The fraction of sp³-hybridized carbons (Fsp3) is 0.188. The summed E-state index contributed by atoms with van der Waals surface area (Å²) in [5, 5.41) is 3.79. The summed E-state index contributed by atoms with van der Waals surface area (Å²) in [6.07, 6.45) is 0.175. The Labute approximate surface area is 277 Å².